The van der Waals surface area contributed by atoms with Gasteiger partial charge in [-0.25, -0.2) is 0 Å². The van der Waals surface area contributed by atoms with Crippen LogP contribution in [0.2, 0.25) is 0 Å². The summed E-state index contributed by atoms with van der Waals surface area (Å²) in [5.41, 5.74) is 64.4. The van der Waals surface area contributed by atoms with E-state index in [4.69, 9.17) is 68.8 Å². The Morgan fingerprint density at radius 2 is 0.846 bits per heavy atom. The average molecular weight is 1120 g/mol. The molecule has 0 unspecified atom stereocenters. The van der Waals surface area contributed by atoms with Crippen molar-refractivity contribution in [1.82, 2.24) is 20.9 Å². The van der Waals surface area contributed by atoms with Gasteiger partial charge in [0.25, 0.3) is 0 Å². The normalized spacial score (nSPS) is 11.0. The van der Waals surface area contributed by atoms with Crippen molar-refractivity contribution in [1.29, 1.82) is 0 Å². The summed E-state index contributed by atoms with van der Waals surface area (Å²) in [5, 5.41) is 9.45. The van der Waals surface area contributed by atoms with E-state index in [9.17, 15) is 0 Å². The van der Waals surface area contributed by atoms with Crippen molar-refractivity contribution in [3.63, 3.8) is 0 Å². The molecule has 2 rings (SSSR count). The molecule has 1 fully saturated rings. The summed E-state index contributed by atoms with van der Waals surface area (Å²) in [6.07, 6.45) is 28.5. The lowest BCUT2D eigenvalue weighted by molar-refractivity contribution is 0.247. The first-order valence-electron chi connectivity index (χ1n) is 31.4. The molecule has 0 aromatic heterocycles. The molecule has 78 heavy (non-hydrogen) atoms. The second kappa shape index (κ2) is 104. The van der Waals surface area contributed by atoms with Gasteiger partial charge in [0.15, 0.2) is 0 Å². The lowest BCUT2D eigenvalue weighted by Gasteiger charge is -2.26. The predicted molar refractivity (Wildman–Crippen MR) is 361 cm³/mol. The highest BCUT2D eigenvalue weighted by molar-refractivity contribution is 5.14. The fourth-order valence-electron chi connectivity index (χ4n) is 5.57. The smallest absolute Gasteiger partial charge is 0.0221 e. The van der Waals surface area contributed by atoms with Crippen LogP contribution < -0.4 is 84.8 Å². The molecule has 0 atom stereocenters. The molecule has 0 radical (unpaired) electrons. The minimum absolute atomic E-state index is 0. The lowest BCUT2D eigenvalue weighted by atomic mass is 10.1. The Morgan fingerprint density at radius 3 is 1.12 bits per heavy atom. The first-order chi connectivity index (χ1) is 37.1. The third-order valence-electron chi connectivity index (χ3n) is 10.7. The number of aryl methyl sites for hydroxylation is 1. The Kier molecular flexibility index (Phi) is 132. The van der Waals surface area contributed by atoms with Crippen molar-refractivity contribution in [3.8, 4) is 0 Å². The van der Waals surface area contributed by atoms with Gasteiger partial charge in [-0.1, -0.05) is 177 Å². The molecule has 1 aromatic rings. The minimum Gasteiger partial charge on any atom is -0.330 e. The van der Waals surface area contributed by atoms with Gasteiger partial charge in [-0.05, 0) is 175 Å². The number of nitrogens with zero attached hydrogens (tertiary/aromatic N) is 1. The van der Waals surface area contributed by atoms with Crippen LogP contribution >= 0.6 is 0 Å². The SMILES string of the molecule is C.CC(C)(N)CN.CC(C)CCCCN.CCCCCCN.CCCCCCN.CCCCCCN.CCCCN.CCCCN.CCNCCCN.CNCCCN.NCCCc1ccccc1.NCCN1CCNCC1. The predicted octanol–water partition coefficient (Wildman–Crippen LogP) is 8.08. The first kappa shape index (κ1) is 98.7. The van der Waals surface area contributed by atoms with Gasteiger partial charge in [0.1, 0.15) is 0 Å². The number of piperazine rings is 1. The highest BCUT2D eigenvalue weighted by Crippen LogP contribution is 2.04. The zero-order valence-electron chi connectivity index (χ0n) is 54.0. The summed E-state index contributed by atoms with van der Waals surface area (Å²) in [5.74, 6) is 0.849. The number of nitrogens with one attached hydrogen (secondary N) is 3. The standard InChI is InChI=1S/C9H13N.C7H17N.C6H15N3.3C6H15N.C5H14N2.2C4H12N2.2C4H11N.CH4/c10-8-4-7-9-5-2-1-3-6-9;1-7(2)5-3-4-6-8;7-1-4-9-5-2-8-3-6-9;3*1-2-3-4-5-6-7;1-2-7-5-3-4-6;1-4(2,6)3-5;1-6-4-2-3-5;2*1-2-3-4-5;/h1-3,5-6H,4,7-8,10H2;7H,3-6,8H2,1-2H3;8H,1-7H2;3*2-7H2,1H3;7H,2-6H2,1H3;3,5-6H2,1-2H3;6H,2-5H2,1H3;2*2-5H2,1H3;1H4. The second-order valence-electron chi connectivity index (χ2n) is 20.2. The average Bonchev–Trinajstić information content (AvgIpc) is 3.43. The van der Waals surface area contributed by atoms with Gasteiger partial charge in [-0.2, -0.15) is 0 Å². The maximum atomic E-state index is 5.41. The molecule has 1 heterocycles. The number of nitrogens with two attached hydrogens (primary N) is 12. The lowest BCUT2D eigenvalue weighted by Crippen LogP contribution is -2.45. The molecule has 0 bridgehead atoms. The van der Waals surface area contributed by atoms with Crippen LogP contribution in [0.4, 0.5) is 0 Å². The highest BCUT2D eigenvalue weighted by atomic mass is 15.2. The first-order valence-corrected chi connectivity index (χ1v) is 31.4. The van der Waals surface area contributed by atoms with Crippen molar-refractivity contribution < 1.29 is 0 Å². The van der Waals surface area contributed by atoms with E-state index in [1.165, 1.54) is 128 Å². The number of hydrogen-bond donors (Lipinski definition) is 15. The maximum absolute atomic E-state index is 5.41. The molecular formula is C62H154N16. The van der Waals surface area contributed by atoms with Crippen molar-refractivity contribution in [2.24, 2.45) is 74.7 Å². The Labute approximate surface area is 490 Å². The van der Waals surface area contributed by atoms with Crippen LogP contribution in [0.25, 0.3) is 0 Å². The van der Waals surface area contributed by atoms with E-state index in [-0.39, 0.29) is 13.0 Å². The zero-order chi connectivity index (χ0) is 60.6. The maximum Gasteiger partial charge on any atom is 0.0221 e. The topological polar surface area (TPSA) is 352 Å². The van der Waals surface area contributed by atoms with E-state index in [0.717, 1.165) is 149 Å². The number of benzene rings is 1. The fourth-order valence-corrected chi connectivity index (χ4v) is 5.57. The van der Waals surface area contributed by atoms with Crippen molar-refractivity contribution in [2.45, 2.75) is 230 Å². The Hall–Kier alpha value is -1.42. The summed E-state index contributed by atoms with van der Waals surface area (Å²) in [6, 6.07) is 10.4. The van der Waals surface area contributed by atoms with Gasteiger partial charge in [-0.15, -0.1) is 0 Å². The van der Waals surface area contributed by atoms with Crippen LogP contribution in [0.15, 0.2) is 30.3 Å². The third-order valence-corrected chi connectivity index (χ3v) is 10.7. The molecule has 0 aliphatic carbocycles. The zero-order valence-corrected chi connectivity index (χ0v) is 54.0. The van der Waals surface area contributed by atoms with Crippen molar-refractivity contribution in [3.05, 3.63) is 35.9 Å². The number of unbranched alkanes of at least 4 members (excludes halogenated alkanes) is 12. The molecule has 0 amide bonds. The summed E-state index contributed by atoms with van der Waals surface area (Å²) >= 11 is 0. The minimum atomic E-state index is -0.181. The summed E-state index contributed by atoms with van der Waals surface area (Å²) < 4.78 is 0. The Balaban J connectivity index is -0.0000000819. The van der Waals surface area contributed by atoms with Crippen LogP contribution in [0.3, 0.4) is 0 Å². The molecule has 0 spiro atoms. The Morgan fingerprint density at radius 1 is 0.487 bits per heavy atom. The summed E-state index contributed by atoms with van der Waals surface area (Å²) in [4.78, 5) is 2.39. The van der Waals surface area contributed by atoms with Gasteiger partial charge >= 0.3 is 0 Å². The fraction of sp³-hybridized carbons (Fsp3) is 0.903. The van der Waals surface area contributed by atoms with Gasteiger partial charge in [0, 0.05) is 51.4 Å². The third kappa shape index (κ3) is 146. The molecule has 1 aliphatic rings. The van der Waals surface area contributed by atoms with Crippen LogP contribution in [-0.4, -0.2) is 142 Å². The van der Waals surface area contributed by atoms with E-state index in [1.807, 2.05) is 27.0 Å². The van der Waals surface area contributed by atoms with Crippen molar-refractivity contribution >= 4 is 0 Å². The summed E-state index contributed by atoms with van der Waals surface area (Å²) in [6.45, 7) is 38.9. The number of rotatable bonds is 33. The molecule has 16 nitrogen and oxygen atoms in total. The molecule has 16 heteroatoms. The molecular weight excluding hydrogens is 969 g/mol. The second-order valence-corrected chi connectivity index (χ2v) is 20.2. The summed E-state index contributed by atoms with van der Waals surface area (Å²) in [7, 11) is 1.93. The van der Waals surface area contributed by atoms with Crippen LogP contribution in [-0.2, 0) is 6.42 Å². The van der Waals surface area contributed by atoms with Gasteiger partial charge < -0.3 is 84.8 Å². The highest BCUT2D eigenvalue weighted by Gasteiger charge is 2.06. The van der Waals surface area contributed by atoms with Crippen molar-refractivity contribution in [2.75, 3.05) is 131 Å². The molecule has 0 saturated carbocycles. The van der Waals surface area contributed by atoms with Crippen LogP contribution in [0.1, 0.15) is 223 Å². The van der Waals surface area contributed by atoms with E-state index in [2.05, 4.69) is 101 Å². The molecule has 482 valence electrons. The van der Waals surface area contributed by atoms with E-state index in [1.54, 1.807) is 0 Å². The van der Waals surface area contributed by atoms with Gasteiger partial charge in [0.05, 0.1) is 0 Å². The number of hydrogen-bond acceptors (Lipinski definition) is 16. The largest absolute Gasteiger partial charge is 0.330 e. The van der Waals surface area contributed by atoms with Gasteiger partial charge in [0.2, 0.25) is 0 Å². The van der Waals surface area contributed by atoms with Gasteiger partial charge in [-0.3, -0.25) is 4.90 Å². The molecule has 1 saturated heterocycles. The molecule has 1 aliphatic heterocycles. The van der Waals surface area contributed by atoms with Crippen LogP contribution in [0, 0.1) is 5.92 Å². The van der Waals surface area contributed by atoms with E-state index < -0.39 is 0 Å². The van der Waals surface area contributed by atoms with E-state index in [0.29, 0.717) is 6.54 Å². The molecule has 1 aromatic carbocycles. The Bertz CT molecular complexity index is 884. The van der Waals surface area contributed by atoms with E-state index >= 15 is 0 Å². The quantitative estimate of drug-likeness (QED) is 0.0296. The monoisotopic (exact) mass is 1120 g/mol. The van der Waals surface area contributed by atoms with Crippen LogP contribution in [0.5, 0.6) is 0 Å². The molecule has 27 N–H and O–H groups in total.